The van der Waals surface area contributed by atoms with Crippen molar-refractivity contribution in [1.82, 2.24) is 15.3 Å². The van der Waals surface area contributed by atoms with Crippen LogP contribution >= 0.6 is 0 Å². The third-order valence-electron chi connectivity index (χ3n) is 5.58. The number of aromatic nitrogens is 2. The number of hydrogen-bond donors (Lipinski definition) is 3. The molecule has 2 aromatic heterocycles. The highest BCUT2D eigenvalue weighted by Crippen LogP contribution is 2.31. The van der Waals surface area contributed by atoms with E-state index in [1.807, 2.05) is 36.4 Å². The lowest BCUT2D eigenvalue weighted by molar-refractivity contribution is 0.0946. The summed E-state index contributed by atoms with van der Waals surface area (Å²) < 4.78 is 10.7. The minimum Gasteiger partial charge on any atom is -0.505 e. The number of aromatic amines is 1. The number of ether oxygens (including phenoxy) is 2. The van der Waals surface area contributed by atoms with Gasteiger partial charge in [0.05, 0.1) is 25.3 Å². The third kappa shape index (κ3) is 4.71. The van der Waals surface area contributed by atoms with Crippen LogP contribution in [0.15, 0.2) is 65.6 Å². The molecule has 174 valence electrons. The summed E-state index contributed by atoms with van der Waals surface area (Å²) in [4.78, 5) is 32.6. The Balaban J connectivity index is 1.70. The SMILES string of the molecule is COc1ccc(Cc2nc(C(=O)NCCc3ccccc3)c(O)c3cc[nH]c(=O)c23)c(OC)c1. The van der Waals surface area contributed by atoms with Crippen molar-refractivity contribution in [3.63, 3.8) is 0 Å². The van der Waals surface area contributed by atoms with Crippen molar-refractivity contribution in [2.45, 2.75) is 12.8 Å². The van der Waals surface area contributed by atoms with Gasteiger partial charge in [0.1, 0.15) is 11.5 Å². The molecule has 0 aliphatic heterocycles. The van der Waals surface area contributed by atoms with E-state index in [1.165, 1.54) is 6.20 Å². The first-order valence-corrected chi connectivity index (χ1v) is 10.8. The van der Waals surface area contributed by atoms with E-state index in [1.54, 1.807) is 32.4 Å². The van der Waals surface area contributed by atoms with Crippen LogP contribution in [0.2, 0.25) is 0 Å². The zero-order valence-corrected chi connectivity index (χ0v) is 18.9. The van der Waals surface area contributed by atoms with Crippen LogP contribution in [-0.2, 0) is 12.8 Å². The highest BCUT2D eigenvalue weighted by molar-refractivity contribution is 6.02. The predicted molar refractivity (Wildman–Crippen MR) is 129 cm³/mol. The number of aromatic hydroxyl groups is 1. The lowest BCUT2D eigenvalue weighted by Gasteiger charge is -2.14. The van der Waals surface area contributed by atoms with Crippen molar-refractivity contribution in [3.8, 4) is 17.2 Å². The van der Waals surface area contributed by atoms with E-state index < -0.39 is 11.5 Å². The first-order chi connectivity index (χ1) is 16.5. The van der Waals surface area contributed by atoms with Gasteiger partial charge in [-0.2, -0.15) is 0 Å². The second-order valence-electron chi connectivity index (χ2n) is 7.70. The highest BCUT2D eigenvalue weighted by atomic mass is 16.5. The summed E-state index contributed by atoms with van der Waals surface area (Å²) in [5.41, 5.74) is 1.65. The summed E-state index contributed by atoms with van der Waals surface area (Å²) in [6, 6.07) is 16.6. The van der Waals surface area contributed by atoms with Gasteiger partial charge in [0.15, 0.2) is 11.4 Å². The average molecular weight is 460 g/mol. The van der Waals surface area contributed by atoms with Crippen LogP contribution in [0.3, 0.4) is 0 Å². The molecule has 0 unspecified atom stereocenters. The molecule has 0 spiro atoms. The van der Waals surface area contributed by atoms with Crippen molar-refractivity contribution in [1.29, 1.82) is 0 Å². The molecule has 0 bridgehead atoms. The van der Waals surface area contributed by atoms with Crippen LogP contribution < -0.4 is 20.3 Å². The number of nitrogens with zero attached hydrogens (tertiary/aromatic N) is 1. The lowest BCUT2D eigenvalue weighted by Crippen LogP contribution is -2.27. The van der Waals surface area contributed by atoms with Gasteiger partial charge < -0.3 is 24.9 Å². The van der Waals surface area contributed by atoms with E-state index in [9.17, 15) is 14.7 Å². The highest BCUT2D eigenvalue weighted by Gasteiger charge is 2.21. The van der Waals surface area contributed by atoms with Gasteiger partial charge in [-0.1, -0.05) is 36.4 Å². The number of amides is 1. The van der Waals surface area contributed by atoms with Crippen molar-refractivity contribution in [2.75, 3.05) is 20.8 Å². The van der Waals surface area contributed by atoms with E-state index in [0.717, 1.165) is 11.1 Å². The second kappa shape index (κ2) is 10.1. The fourth-order valence-electron chi connectivity index (χ4n) is 3.85. The van der Waals surface area contributed by atoms with Gasteiger partial charge in [0.25, 0.3) is 11.5 Å². The first-order valence-electron chi connectivity index (χ1n) is 10.8. The summed E-state index contributed by atoms with van der Waals surface area (Å²) >= 11 is 0. The minimum absolute atomic E-state index is 0.131. The van der Waals surface area contributed by atoms with E-state index >= 15 is 0 Å². The Hall–Kier alpha value is -4.33. The largest absolute Gasteiger partial charge is 0.505 e. The van der Waals surface area contributed by atoms with Gasteiger partial charge in [0, 0.05) is 36.2 Å². The smallest absolute Gasteiger partial charge is 0.273 e. The topological polar surface area (TPSA) is 114 Å². The number of carbonyl (C=O) groups is 1. The number of fused-ring (bicyclic) bond motifs is 1. The number of pyridine rings is 2. The molecule has 0 fully saturated rings. The molecule has 8 heteroatoms. The molecule has 1 amide bonds. The Morgan fingerprint density at radius 1 is 1.09 bits per heavy atom. The fourth-order valence-corrected chi connectivity index (χ4v) is 3.85. The van der Waals surface area contributed by atoms with Crippen LogP contribution in [0.25, 0.3) is 10.8 Å². The van der Waals surface area contributed by atoms with Crippen LogP contribution in [0.5, 0.6) is 17.2 Å². The molecule has 4 rings (SSSR count). The molecule has 2 aromatic carbocycles. The van der Waals surface area contributed by atoms with Gasteiger partial charge in [-0.3, -0.25) is 9.59 Å². The van der Waals surface area contributed by atoms with Crippen molar-refractivity contribution < 1.29 is 19.4 Å². The Morgan fingerprint density at radius 2 is 1.88 bits per heavy atom. The van der Waals surface area contributed by atoms with Crippen molar-refractivity contribution >= 4 is 16.7 Å². The standard InChI is InChI=1S/C26H25N3O5/c1-33-18-9-8-17(21(15-18)34-2)14-20-22-19(11-13-27-25(22)31)24(30)23(29-20)26(32)28-12-10-16-6-4-3-5-7-16/h3-9,11,13,15,30H,10,12,14H2,1-2H3,(H,27,31)(H,28,32). The van der Waals surface area contributed by atoms with Gasteiger partial charge in [0.2, 0.25) is 0 Å². The molecular weight excluding hydrogens is 434 g/mol. The van der Waals surface area contributed by atoms with Gasteiger partial charge >= 0.3 is 0 Å². The van der Waals surface area contributed by atoms with Crippen LogP contribution in [0, 0.1) is 0 Å². The molecule has 0 aliphatic rings. The number of carbonyl (C=O) groups excluding carboxylic acids is 1. The zero-order chi connectivity index (χ0) is 24.1. The van der Waals surface area contributed by atoms with E-state index in [2.05, 4.69) is 15.3 Å². The quantitative estimate of drug-likeness (QED) is 0.373. The zero-order valence-electron chi connectivity index (χ0n) is 18.9. The maximum Gasteiger partial charge on any atom is 0.273 e. The Kier molecular flexibility index (Phi) is 6.77. The second-order valence-corrected chi connectivity index (χ2v) is 7.70. The predicted octanol–water partition coefficient (Wildman–Crippen LogP) is 3.21. The lowest BCUT2D eigenvalue weighted by atomic mass is 10.0. The summed E-state index contributed by atoms with van der Waals surface area (Å²) in [5.74, 6) is 0.339. The minimum atomic E-state index is -0.515. The molecular formula is C26H25N3O5. The van der Waals surface area contributed by atoms with Gasteiger partial charge in [-0.25, -0.2) is 4.98 Å². The Bertz CT molecular complexity index is 1380. The summed E-state index contributed by atoms with van der Waals surface area (Å²) in [7, 11) is 3.10. The van der Waals surface area contributed by atoms with E-state index in [4.69, 9.17) is 9.47 Å². The molecule has 0 radical (unpaired) electrons. The van der Waals surface area contributed by atoms with Crippen LogP contribution in [-0.4, -0.2) is 41.7 Å². The third-order valence-corrected chi connectivity index (χ3v) is 5.58. The van der Waals surface area contributed by atoms with Crippen LogP contribution in [0.1, 0.15) is 27.3 Å². The molecule has 8 nitrogen and oxygen atoms in total. The molecule has 34 heavy (non-hydrogen) atoms. The summed E-state index contributed by atoms with van der Waals surface area (Å²) in [6.07, 6.45) is 2.27. The average Bonchev–Trinajstić information content (AvgIpc) is 2.86. The van der Waals surface area contributed by atoms with Gasteiger partial charge in [-0.05, 0) is 24.1 Å². The molecule has 3 N–H and O–H groups in total. The summed E-state index contributed by atoms with van der Waals surface area (Å²) in [6.45, 7) is 0.374. The molecule has 0 aliphatic carbocycles. The van der Waals surface area contributed by atoms with E-state index in [-0.39, 0.29) is 28.6 Å². The van der Waals surface area contributed by atoms with Crippen molar-refractivity contribution in [3.05, 3.63) is 93.7 Å². The van der Waals surface area contributed by atoms with Gasteiger partial charge in [-0.15, -0.1) is 0 Å². The number of hydrogen-bond acceptors (Lipinski definition) is 6. The Labute approximate surface area is 196 Å². The monoisotopic (exact) mass is 459 g/mol. The number of benzene rings is 2. The molecule has 4 aromatic rings. The fraction of sp³-hybridized carbons (Fsp3) is 0.192. The summed E-state index contributed by atoms with van der Waals surface area (Å²) in [5, 5.41) is 14.1. The molecule has 0 saturated carbocycles. The molecule has 0 saturated heterocycles. The van der Waals surface area contributed by atoms with Crippen LogP contribution in [0.4, 0.5) is 0 Å². The normalized spacial score (nSPS) is 10.8. The van der Waals surface area contributed by atoms with Crippen molar-refractivity contribution in [2.24, 2.45) is 0 Å². The molecule has 2 heterocycles. The number of rotatable bonds is 8. The Morgan fingerprint density at radius 3 is 2.62 bits per heavy atom. The van der Waals surface area contributed by atoms with E-state index in [0.29, 0.717) is 30.2 Å². The number of nitrogens with one attached hydrogen (secondary N) is 2. The number of H-pyrrole nitrogens is 1. The first kappa shape index (κ1) is 22.8. The maximum absolute atomic E-state index is 12.9. The number of methoxy groups -OCH3 is 2. The molecule has 0 atom stereocenters. The maximum atomic E-state index is 12.9.